The fourth-order valence-electron chi connectivity index (χ4n) is 5.02. The average molecular weight is 618 g/mol. The molecule has 0 N–H and O–H groups in total. The molecular formula is C36H51NO4Si2. The first-order chi connectivity index (χ1) is 19.9. The van der Waals surface area contributed by atoms with Gasteiger partial charge in [-0.05, 0) is 61.0 Å². The van der Waals surface area contributed by atoms with Crippen LogP contribution in [0.3, 0.4) is 0 Å². The molecule has 0 aliphatic carbocycles. The second kappa shape index (κ2) is 13.8. The van der Waals surface area contributed by atoms with Crippen molar-refractivity contribution in [3.63, 3.8) is 0 Å². The van der Waals surface area contributed by atoms with Crippen LogP contribution in [0.25, 0.3) is 6.08 Å². The van der Waals surface area contributed by atoms with Gasteiger partial charge in [0, 0.05) is 12.8 Å². The molecule has 0 radical (unpaired) electrons. The Balaban J connectivity index is 1.85. The van der Waals surface area contributed by atoms with E-state index >= 15 is 0 Å². The van der Waals surface area contributed by atoms with Crippen LogP contribution in [0.4, 0.5) is 4.79 Å². The molecule has 2 atom stereocenters. The second-order valence-corrected chi connectivity index (χ2v) is 24.2. The highest BCUT2D eigenvalue weighted by atomic mass is 28.4. The van der Waals surface area contributed by atoms with Crippen molar-refractivity contribution in [1.82, 2.24) is 4.90 Å². The first-order valence-electron chi connectivity index (χ1n) is 15.4. The first kappa shape index (κ1) is 34.6. The number of hydrogen-bond donors (Lipinski definition) is 0. The summed E-state index contributed by atoms with van der Waals surface area (Å²) >= 11 is 0. The number of carbonyl (C=O) groups excluding carboxylic acids is 2. The van der Waals surface area contributed by atoms with Gasteiger partial charge in [0.2, 0.25) is 5.91 Å². The molecule has 0 bridgehead atoms. The van der Waals surface area contributed by atoms with E-state index in [2.05, 4.69) is 95.3 Å². The Labute approximate surface area is 262 Å². The monoisotopic (exact) mass is 617 g/mol. The molecule has 2 aromatic carbocycles. The van der Waals surface area contributed by atoms with E-state index in [-0.39, 0.29) is 23.3 Å². The van der Waals surface area contributed by atoms with Gasteiger partial charge in [0.1, 0.15) is 19.7 Å². The van der Waals surface area contributed by atoms with Gasteiger partial charge in [0.15, 0.2) is 8.32 Å². The molecular weight excluding hydrogens is 567 g/mol. The molecule has 7 heteroatoms. The van der Waals surface area contributed by atoms with E-state index in [0.29, 0.717) is 13.0 Å². The van der Waals surface area contributed by atoms with Crippen LogP contribution in [0.1, 0.15) is 82.5 Å². The highest BCUT2D eigenvalue weighted by Gasteiger charge is 2.51. The van der Waals surface area contributed by atoms with E-state index in [1.54, 1.807) is 0 Å². The van der Waals surface area contributed by atoms with Crippen LogP contribution < -0.4 is 0 Å². The van der Waals surface area contributed by atoms with Crippen molar-refractivity contribution in [2.75, 3.05) is 6.61 Å². The van der Waals surface area contributed by atoms with Gasteiger partial charge < -0.3 is 9.16 Å². The summed E-state index contributed by atoms with van der Waals surface area (Å²) in [5.41, 5.74) is 5.63. The predicted molar refractivity (Wildman–Crippen MR) is 183 cm³/mol. The van der Waals surface area contributed by atoms with Crippen LogP contribution in [0.2, 0.25) is 37.8 Å². The first-order valence-corrected chi connectivity index (χ1v) is 21.8. The van der Waals surface area contributed by atoms with Crippen molar-refractivity contribution < 1.29 is 18.8 Å². The lowest BCUT2D eigenvalue weighted by Crippen LogP contribution is -2.40. The number of carbonyl (C=O) groups is 2. The molecule has 2 aromatic rings. The van der Waals surface area contributed by atoms with Crippen LogP contribution in [0, 0.1) is 11.5 Å². The summed E-state index contributed by atoms with van der Waals surface area (Å²) < 4.78 is 12.0. The summed E-state index contributed by atoms with van der Waals surface area (Å²) in [5, 5.41) is 0.162. The van der Waals surface area contributed by atoms with Crippen LogP contribution >= 0.6 is 0 Å². The van der Waals surface area contributed by atoms with E-state index in [1.807, 2.05) is 50.2 Å². The average Bonchev–Trinajstić information content (AvgIpc) is 3.15. The minimum Gasteiger partial charge on any atom is -0.440 e. The second-order valence-electron chi connectivity index (χ2n) is 14.7. The fraction of sp³-hybridized carbons (Fsp3) is 0.500. The van der Waals surface area contributed by atoms with Gasteiger partial charge in [-0.15, -0.1) is 11.5 Å². The molecule has 1 fully saturated rings. The molecule has 1 heterocycles. The zero-order chi connectivity index (χ0) is 32.1. The number of ether oxygens (including phenoxy) is 1. The topological polar surface area (TPSA) is 55.8 Å². The van der Waals surface area contributed by atoms with Crippen molar-refractivity contribution in [2.45, 2.75) is 109 Å². The Hall–Kier alpha value is -2.93. The molecule has 0 aromatic heterocycles. The summed E-state index contributed by atoms with van der Waals surface area (Å²) in [7, 11) is -3.33. The lowest BCUT2D eigenvalue weighted by Gasteiger charge is -2.35. The third-order valence-corrected chi connectivity index (χ3v) is 13.8. The van der Waals surface area contributed by atoms with Crippen molar-refractivity contribution in [1.29, 1.82) is 0 Å². The Morgan fingerprint density at radius 2 is 1.74 bits per heavy atom. The minimum atomic E-state index is -1.82. The molecule has 0 spiro atoms. The molecule has 1 saturated heterocycles. The zero-order valence-corrected chi connectivity index (χ0v) is 29.9. The lowest BCUT2D eigenvalue weighted by atomic mass is 9.88. The number of nitrogens with zero attached hydrogens (tertiary/aromatic N) is 1. The van der Waals surface area contributed by atoms with Gasteiger partial charge in [-0.2, -0.15) is 0 Å². The van der Waals surface area contributed by atoms with Crippen molar-refractivity contribution in [3.05, 3.63) is 77.4 Å². The Morgan fingerprint density at radius 3 is 2.37 bits per heavy atom. The lowest BCUT2D eigenvalue weighted by molar-refractivity contribution is -0.130. The zero-order valence-electron chi connectivity index (χ0n) is 27.9. The quantitative estimate of drug-likeness (QED) is 0.197. The summed E-state index contributed by atoms with van der Waals surface area (Å²) in [6, 6.07) is 17.5. The van der Waals surface area contributed by atoms with Gasteiger partial charge in [0.25, 0.3) is 0 Å². The number of rotatable bonds is 10. The van der Waals surface area contributed by atoms with Crippen LogP contribution in [-0.4, -0.2) is 45.5 Å². The Morgan fingerprint density at radius 1 is 1.07 bits per heavy atom. The molecule has 1 aliphatic heterocycles. The van der Waals surface area contributed by atoms with Crippen LogP contribution in [0.15, 0.2) is 60.7 Å². The van der Waals surface area contributed by atoms with Gasteiger partial charge in [-0.1, -0.05) is 107 Å². The summed E-state index contributed by atoms with van der Waals surface area (Å²) in [4.78, 5) is 28.4. The molecule has 5 nitrogen and oxygen atoms in total. The normalized spacial score (nSPS) is 17.9. The standard InChI is InChI=1S/C36H51NO4Si2/c1-35(2,3)43(9,10)40-24-17-19-28-18-16-23-30(26-28)31(22-14-15-25-42(6,7)8)27-32(38)37-33(29-20-12-11-13-21-29)36(4,5)41-34(37)39/h11-13,16-21,23,26,31,33H,14,22,24,27H2,1-10H3/b19-17+/t31-,33-/m1/s1. The van der Waals surface area contributed by atoms with E-state index in [4.69, 9.17) is 9.16 Å². The maximum absolute atomic E-state index is 13.9. The third kappa shape index (κ3) is 9.53. The van der Waals surface area contributed by atoms with E-state index < -0.39 is 34.1 Å². The predicted octanol–water partition coefficient (Wildman–Crippen LogP) is 9.36. The highest BCUT2D eigenvalue weighted by molar-refractivity contribution is 6.83. The summed E-state index contributed by atoms with van der Waals surface area (Å²) in [6.07, 6.45) is 5.20. The molecule has 2 amide bonds. The van der Waals surface area contributed by atoms with Crippen LogP contribution in [-0.2, 0) is 14.0 Å². The Kier molecular flexibility index (Phi) is 11.1. The molecule has 0 unspecified atom stereocenters. The van der Waals surface area contributed by atoms with Crippen molar-refractivity contribution in [3.8, 4) is 11.5 Å². The molecule has 232 valence electrons. The van der Waals surface area contributed by atoms with Gasteiger partial charge in [-0.25, -0.2) is 9.69 Å². The smallest absolute Gasteiger partial charge is 0.417 e. The summed E-state index contributed by atoms with van der Waals surface area (Å²) in [6.45, 7) is 22.2. The third-order valence-electron chi connectivity index (χ3n) is 8.39. The number of imide groups is 1. The highest BCUT2D eigenvalue weighted by Crippen LogP contribution is 2.42. The molecule has 0 saturated carbocycles. The number of hydrogen-bond acceptors (Lipinski definition) is 4. The van der Waals surface area contributed by atoms with Gasteiger partial charge in [-0.3, -0.25) is 4.79 Å². The molecule has 43 heavy (non-hydrogen) atoms. The largest absolute Gasteiger partial charge is 0.440 e. The summed E-state index contributed by atoms with van der Waals surface area (Å²) in [5.74, 6) is 3.06. The van der Waals surface area contributed by atoms with Gasteiger partial charge >= 0.3 is 6.09 Å². The fourth-order valence-corrected chi connectivity index (χ4v) is 6.62. The van der Waals surface area contributed by atoms with Crippen molar-refractivity contribution in [2.24, 2.45) is 0 Å². The van der Waals surface area contributed by atoms with Crippen molar-refractivity contribution >= 4 is 34.5 Å². The maximum atomic E-state index is 13.9. The maximum Gasteiger partial charge on any atom is 0.417 e. The van der Waals surface area contributed by atoms with Gasteiger partial charge in [0.05, 0.1) is 6.61 Å². The van der Waals surface area contributed by atoms with E-state index in [1.165, 1.54) is 4.90 Å². The molecule has 3 rings (SSSR count). The van der Waals surface area contributed by atoms with E-state index in [0.717, 1.165) is 23.1 Å². The number of benzene rings is 2. The number of cyclic esters (lactones) is 1. The van der Waals surface area contributed by atoms with E-state index in [9.17, 15) is 9.59 Å². The Bertz CT molecular complexity index is 1360. The minimum absolute atomic E-state index is 0.0896. The number of amides is 2. The molecule has 1 aliphatic rings. The van der Waals surface area contributed by atoms with Crippen LogP contribution in [0.5, 0.6) is 0 Å². The SMILES string of the molecule is CC1(C)OC(=O)N(C(=O)C[C@@H](CCC#C[Si](C)(C)C)c2cccc(/C=C/CO[Si](C)(C)C(C)(C)C)c2)[C@@H]1c1ccccc1.